The zero-order chi connectivity index (χ0) is 14.8. The first-order valence-electron chi connectivity index (χ1n) is 6.21. The maximum Gasteiger partial charge on any atom is 0.278 e. The summed E-state index contributed by atoms with van der Waals surface area (Å²) < 4.78 is 11.6. The molecule has 1 aromatic carbocycles. The summed E-state index contributed by atoms with van der Waals surface area (Å²) in [6.45, 7) is 1.82. The van der Waals surface area contributed by atoms with Gasteiger partial charge in [-0.3, -0.25) is 4.79 Å². The Morgan fingerprint density at radius 2 is 2.14 bits per heavy atom. The van der Waals surface area contributed by atoms with E-state index in [9.17, 15) is 4.79 Å². The molecule has 0 radical (unpaired) electrons. The lowest BCUT2D eigenvalue weighted by atomic mass is 10.2. The molecule has 0 aliphatic heterocycles. The molecule has 3 aromatic rings. The normalized spacial score (nSPS) is 10.6. The molecular weight excluding hydrogens is 336 g/mol. The maximum atomic E-state index is 12.3. The number of carbonyl (C=O) groups is 1. The quantitative estimate of drug-likeness (QED) is 0.769. The number of hydrogen-bond acceptors (Lipinski definition) is 4. The predicted octanol–water partition coefficient (Wildman–Crippen LogP) is 4.26. The molecule has 6 heteroatoms. The molecule has 0 saturated carbocycles. The Balaban J connectivity index is 1.88. The fourth-order valence-corrected chi connectivity index (χ4v) is 2.30. The second kappa shape index (κ2) is 5.57. The maximum absolute atomic E-state index is 12.3. The minimum absolute atomic E-state index is 0.185. The third kappa shape index (κ3) is 2.90. The first-order valence-corrected chi connectivity index (χ1v) is 7.00. The minimum Gasteiger partial charge on any atom is -0.458 e. The van der Waals surface area contributed by atoms with Crippen LogP contribution in [0.15, 0.2) is 56.1 Å². The van der Waals surface area contributed by atoms with Crippen molar-refractivity contribution < 1.29 is 13.6 Å². The van der Waals surface area contributed by atoms with E-state index in [0.717, 1.165) is 10.2 Å². The molecule has 1 N–H and O–H groups in total. The van der Waals surface area contributed by atoms with Gasteiger partial charge >= 0.3 is 0 Å². The molecule has 0 saturated heterocycles. The number of nitrogens with zero attached hydrogens (tertiary/aromatic N) is 1. The second-order valence-corrected chi connectivity index (χ2v) is 5.32. The first kappa shape index (κ1) is 13.6. The number of oxazole rings is 1. The van der Waals surface area contributed by atoms with Crippen LogP contribution in [0.3, 0.4) is 0 Å². The lowest BCUT2D eigenvalue weighted by molar-refractivity contribution is 0.102. The van der Waals surface area contributed by atoms with Crippen molar-refractivity contribution in [2.75, 3.05) is 5.32 Å². The van der Waals surface area contributed by atoms with E-state index in [1.54, 1.807) is 24.3 Å². The van der Waals surface area contributed by atoms with Crippen molar-refractivity contribution in [1.29, 1.82) is 0 Å². The standard InChI is InChI=1S/C15H11BrN2O3/c1-9-5-6-12(21-9)14-13(17-8-20-14)15(19)18-11-4-2-3-10(16)7-11/h2-8H,1H3,(H,18,19). The highest BCUT2D eigenvalue weighted by atomic mass is 79.9. The van der Waals surface area contributed by atoms with Crippen LogP contribution in [-0.2, 0) is 0 Å². The van der Waals surface area contributed by atoms with E-state index in [1.807, 2.05) is 19.1 Å². The van der Waals surface area contributed by atoms with Gasteiger partial charge in [0.1, 0.15) is 5.76 Å². The average Bonchev–Trinajstić information content (AvgIpc) is 3.06. The Hall–Kier alpha value is -2.34. The van der Waals surface area contributed by atoms with E-state index >= 15 is 0 Å². The SMILES string of the molecule is Cc1ccc(-c2ocnc2C(=O)Nc2cccc(Br)c2)o1. The van der Waals surface area contributed by atoms with E-state index in [-0.39, 0.29) is 11.6 Å². The molecule has 106 valence electrons. The van der Waals surface area contributed by atoms with Crippen LogP contribution < -0.4 is 5.32 Å². The molecule has 0 atom stereocenters. The summed E-state index contributed by atoms with van der Waals surface area (Å²) in [6, 6.07) is 10.8. The summed E-state index contributed by atoms with van der Waals surface area (Å²) in [7, 11) is 0. The number of hydrogen-bond donors (Lipinski definition) is 1. The third-order valence-corrected chi connectivity index (χ3v) is 3.32. The highest BCUT2D eigenvalue weighted by molar-refractivity contribution is 9.10. The predicted molar refractivity (Wildman–Crippen MR) is 81.0 cm³/mol. The van der Waals surface area contributed by atoms with Crippen molar-refractivity contribution in [3.8, 4) is 11.5 Å². The van der Waals surface area contributed by atoms with Gasteiger partial charge in [-0.05, 0) is 37.3 Å². The van der Waals surface area contributed by atoms with Crippen LogP contribution in [0.4, 0.5) is 5.69 Å². The van der Waals surface area contributed by atoms with E-state index in [2.05, 4.69) is 26.2 Å². The van der Waals surface area contributed by atoms with Crippen molar-refractivity contribution >= 4 is 27.5 Å². The lowest BCUT2D eigenvalue weighted by Crippen LogP contribution is -2.13. The summed E-state index contributed by atoms with van der Waals surface area (Å²) in [5.41, 5.74) is 0.850. The van der Waals surface area contributed by atoms with Crippen LogP contribution in [0.2, 0.25) is 0 Å². The summed E-state index contributed by atoms with van der Waals surface area (Å²) in [5.74, 6) is 1.17. The van der Waals surface area contributed by atoms with Gasteiger partial charge in [0, 0.05) is 10.2 Å². The molecule has 2 aromatic heterocycles. The number of aromatic nitrogens is 1. The Labute approximate surface area is 129 Å². The van der Waals surface area contributed by atoms with Crippen LogP contribution in [0.1, 0.15) is 16.2 Å². The van der Waals surface area contributed by atoms with Crippen LogP contribution in [-0.4, -0.2) is 10.9 Å². The molecule has 0 aliphatic rings. The average molecular weight is 347 g/mol. The first-order chi connectivity index (χ1) is 10.1. The zero-order valence-corrected chi connectivity index (χ0v) is 12.7. The highest BCUT2D eigenvalue weighted by Crippen LogP contribution is 2.26. The van der Waals surface area contributed by atoms with E-state index in [0.29, 0.717) is 17.2 Å². The largest absolute Gasteiger partial charge is 0.458 e. The molecule has 1 amide bonds. The lowest BCUT2D eigenvalue weighted by Gasteiger charge is -2.04. The smallest absolute Gasteiger partial charge is 0.278 e. The monoisotopic (exact) mass is 346 g/mol. The number of furan rings is 1. The molecule has 0 bridgehead atoms. The molecule has 3 rings (SSSR count). The number of rotatable bonds is 3. The fraction of sp³-hybridized carbons (Fsp3) is 0.0667. The number of nitrogens with one attached hydrogen (secondary N) is 1. The Kier molecular flexibility index (Phi) is 3.62. The summed E-state index contributed by atoms with van der Waals surface area (Å²) in [5, 5.41) is 2.77. The second-order valence-electron chi connectivity index (χ2n) is 4.40. The van der Waals surface area contributed by atoms with Gasteiger partial charge in [-0.1, -0.05) is 22.0 Å². The van der Waals surface area contributed by atoms with E-state index in [1.165, 1.54) is 6.39 Å². The number of aryl methyl sites for hydroxylation is 1. The highest BCUT2D eigenvalue weighted by Gasteiger charge is 2.20. The van der Waals surface area contributed by atoms with Gasteiger partial charge in [0.05, 0.1) is 0 Å². The van der Waals surface area contributed by atoms with Gasteiger partial charge in [-0.2, -0.15) is 0 Å². The molecule has 0 aliphatic carbocycles. The van der Waals surface area contributed by atoms with Crippen LogP contribution >= 0.6 is 15.9 Å². The van der Waals surface area contributed by atoms with Gasteiger partial charge in [-0.15, -0.1) is 0 Å². The van der Waals surface area contributed by atoms with Crippen molar-refractivity contribution in [3.05, 3.63) is 58.7 Å². The van der Waals surface area contributed by atoms with Crippen molar-refractivity contribution in [2.24, 2.45) is 0 Å². The number of anilines is 1. The Morgan fingerprint density at radius 3 is 2.86 bits per heavy atom. The van der Waals surface area contributed by atoms with Crippen molar-refractivity contribution in [2.45, 2.75) is 6.92 Å². The molecule has 2 heterocycles. The van der Waals surface area contributed by atoms with Crippen LogP contribution in [0, 0.1) is 6.92 Å². The molecule has 0 fully saturated rings. The molecular formula is C15H11BrN2O3. The van der Waals surface area contributed by atoms with Crippen LogP contribution in [0.5, 0.6) is 0 Å². The molecule has 21 heavy (non-hydrogen) atoms. The summed E-state index contributed by atoms with van der Waals surface area (Å²) >= 11 is 3.35. The Bertz CT molecular complexity index is 792. The number of carbonyl (C=O) groups excluding carboxylic acids is 1. The number of benzene rings is 1. The minimum atomic E-state index is -0.356. The zero-order valence-electron chi connectivity index (χ0n) is 11.1. The summed E-state index contributed by atoms with van der Waals surface area (Å²) in [4.78, 5) is 16.3. The molecule has 0 spiro atoms. The van der Waals surface area contributed by atoms with E-state index in [4.69, 9.17) is 8.83 Å². The Morgan fingerprint density at radius 1 is 1.29 bits per heavy atom. The number of amides is 1. The van der Waals surface area contributed by atoms with Crippen molar-refractivity contribution in [1.82, 2.24) is 4.98 Å². The van der Waals surface area contributed by atoms with E-state index < -0.39 is 0 Å². The summed E-state index contributed by atoms with van der Waals surface area (Å²) in [6.07, 6.45) is 1.23. The molecule has 5 nitrogen and oxygen atoms in total. The topological polar surface area (TPSA) is 68.3 Å². The van der Waals surface area contributed by atoms with Gasteiger partial charge < -0.3 is 14.2 Å². The van der Waals surface area contributed by atoms with Crippen molar-refractivity contribution in [3.63, 3.8) is 0 Å². The van der Waals surface area contributed by atoms with Crippen LogP contribution in [0.25, 0.3) is 11.5 Å². The molecule has 0 unspecified atom stereocenters. The van der Waals surface area contributed by atoms with Gasteiger partial charge in [0.15, 0.2) is 17.8 Å². The third-order valence-electron chi connectivity index (χ3n) is 2.83. The van der Waals surface area contributed by atoms with Gasteiger partial charge in [-0.25, -0.2) is 4.98 Å². The fourth-order valence-electron chi connectivity index (χ4n) is 1.90. The van der Waals surface area contributed by atoms with Gasteiger partial charge in [0.2, 0.25) is 5.76 Å². The van der Waals surface area contributed by atoms with Gasteiger partial charge in [0.25, 0.3) is 5.91 Å². The number of halogens is 1.